The molecule has 1 aromatic rings. The van der Waals surface area contributed by atoms with Crippen molar-refractivity contribution in [2.45, 2.75) is 58.6 Å². The van der Waals surface area contributed by atoms with Crippen LogP contribution in [0.25, 0.3) is 0 Å². The average Bonchev–Trinajstić information content (AvgIpc) is 2.97. The lowest BCUT2D eigenvalue weighted by molar-refractivity contribution is 0.0714. The van der Waals surface area contributed by atoms with Crippen molar-refractivity contribution < 1.29 is 14.6 Å². The number of hydrogen-bond donors (Lipinski definition) is 1. The first-order valence-corrected chi connectivity index (χ1v) is 9.12. The lowest BCUT2D eigenvalue weighted by Gasteiger charge is -2.32. The van der Waals surface area contributed by atoms with Crippen LogP contribution in [0.4, 0.5) is 0 Å². The Morgan fingerprint density at radius 3 is 2.38 bits per heavy atom. The quantitative estimate of drug-likeness (QED) is 0.889. The minimum Gasteiger partial charge on any atom is -0.493 e. The number of aliphatic hydroxyl groups is 1. The highest BCUT2D eigenvalue weighted by molar-refractivity contribution is 5.45. The largest absolute Gasteiger partial charge is 0.493 e. The molecule has 1 saturated carbocycles. The van der Waals surface area contributed by atoms with Crippen LogP contribution < -0.4 is 9.47 Å². The van der Waals surface area contributed by atoms with E-state index in [9.17, 15) is 5.11 Å². The number of fused-ring (bicyclic) bond motifs is 1. The topological polar surface area (TPSA) is 41.9 Å². The summed E-state index contributed by atoms with van der Waals surface area (Å²) < 4.78 is 10.2. The van der Waals surface area contributed by atoms with Gasteiger partial charge >= 0.3 is 0 Å². The van der Waals surface area contributed by atoms with Crippen molar-refractivity contribution in [3.05, 3.63) is 23.8 Å². The lowest BCUT2D eigenvalue weighted by atomic mass is 9.84. The number of methoxy groups -OCH3 is 2. The van der Waals surface area contributed by atoms with Crippen molar-refractivity contribution in [3.63, 3.8) is 0 Å². The van der Waals surface area contributed by atoms with Crippen molar-refractivity contribution in [1.29, 1.82) is 0 Å². The maximum atomic E-state index is 9.45. The molecule has 3 unspecified atom stereocenters. The number of aryl methyl sites for hydroxylation is 1. The fourth-order valence-electron chi connectivity index (χ4n) is 3.65. The zero-order valence-corrected chi connectivity index (χ0v) is 16.2. The maximum Gasteiger partial charge on any atom is 0.163 e. The highest BCUT2D eigenvalue weighted by atomic mass is 16.5. The Hall–Kier alpha value is -1.26. The molecule has 1 aliphatic carbocycles. The van der Waals surface area contributed by atoms with E-state index in [1.807, 2.05) is 39.0 Å². The van der Waals surface area contributed by atoms with Crippen molar-refractivity contribution in [2.24, 2.45) is 5.92 Å². The molecule has 4 nitrogen and oxygen atoms in total. The molecule has 0 amide bonds. The normalized spacial score (nSPS) is 25.5. The van der Waals surface area contributed by atoms with Gasteiger partial charge in [0, 0.05) is 6.04 Å². The number of nitrogens with zero attached hydrogens (tertiary/aromatic N) is 1. The Bertz CT molecular complexity index is 478. The van der Waals surface area contributed by atoms with Gasteiger partial charge in [-0.1, -0.05) is 26.0 Å². The third-order valence-corrected chi connectivity index (χ3v) is 4.95. The fourth-order valence-corrected chi connectivity index (χ4v) is 3.65. The van der Waals surface area contributed by atoms with Crippen molar-refractivity contribution in [3.8, 4) is 11.5 Å². The zero-order valence-electron chi connectivity index (χ0n) is 16.2. The van der Waals surface area contributed by atoms with E-state index in [-0.39, 0.29) is 6.10 Å². The molecule has 0 aromatic heterocycles. The van der Waals surface area contributed by atoms with E-state index in [2.05, 4.69) is 11.9 Å². The molecule has 138 valence electrons. The summed E-state index contributed by atoms with van der Waals surface area (Å²) in [4.78, 5) is 2.41. The monoisotopic (exact) mass is 337 g/mol. The van der Waals surface area contributed by atoms with Crippen molar-refractivity contribution >= 4 is 0 Å². The number of rotatable bonds is 2. The molecule has 4 heteroatoms. The Labute approximate surface area is 147 Å². The Morgan fingerprint density at radius 1 is 1.08 bits per heavy atom. The van der Waals surface area contributed by atoms with Crippen LogP contribution >= 0.6 is 0 Å². The molecule has 3 rings (SSSR count). The van der Waals surface area contributed by atoms with Crippen molar-refractivity contribution in [2.75, 3.05) is 27.8 Å². The Morgan fingerprint density at radius 2 is 1.79 bits per heavy atom. The summed E-state index contributed by atoms with van der Waals surface area (Å²) in [6.45, 7) is 7.23. The van der Waals surface area contributed by atoms with E-state index in [0.717, 1.165) is 35.8 Å². The second-order valence-corrected chi connectivity index (χ2v) is 6.37. The summed E-state index contributed by atoms with van der Waals surface area (Å²) >= 11 is 0. The zero-order chi connectivity index (χ0) is 18.1. The summed E-state index contributed by atoms with van der Waals surface area (Å²) in [6.07, 6.45) is 4.64. The molecule has 1 aliphatic heterocycles. The van der Waals surface area contributed by atoms with Gasteiger partial charge in [-0.25, -0.2) is 0 Å². The molecule has 0 radical (unpaired) electrons. The minimum atomic E-state index is -0.0169. The van der Waals surface area contributed by atoms with E-state index in [4.69, 9.17) is 9.47 Å². The first-order valence-electron chi connectivity index (χ1n) is 9.12. The Kier molecular flexibility index (Phi) is 9.16. The first-order chi connectivity index (χ1) is 11.6. The van der Waals surface area contributed by atoms with Gasteiger partial charge in [-0.15, -0.1) is 0 Å². The van der Waals surface area contributed by atoms with Crippen LogP contribution in [0, 0.1) is 12.8 Å². The Balaban J connectivity index is 0.000000218. The van der Waals surface area contributed by atoms with Gasteiger partial charge in [0.25, 0.3) is 0 Å². The van der Waals surface area contributed by atoms with Crippen LogP contribution in [0.2, 0.25) is 0 Å². The van der Waals surface area contributed by atoms with Crippen LogP contribution in [-0.2, 0) is 0 Å². The van der Waals surface area contributed by atoms with Crippen LogP contribution in [0.5, 0.6) is 11.5 Å². The predicted octanol–water partition coefficient (Wildman–Crippen LogP) is 3.89. The minimum absolute atomic E-state index is 0.0169. The summed E-state index contributed by atoms with van der Waals surface area (Å²) in [5, 5.41) is 9.45. The van der Waals surface area contributed by atoms with Gasteiger partial charge in [-0.3, -0.25) is 0 Å². The van der Waals surface area contributed by atoms with Crippen LogP contribution in [0.15, 0.2) is 18.2 Å². The second kappa shape index (κ2) is 10.6. The number of aliphatic hydroxyl groups excluding tert-OH is 1. The highest BCUT2D eigenvalue weighted by Crippen LogP contribution is 2.35. The summed E-state index contributed by atoms with van der Waals surface area (Å²) in [6, 6.07) is 6.50. The predicted molar refractivity (Wildman–Crippen MR) is 100 cm³/mol. The molecule has 2 aliphatic rings. The molecule has 1 N–H and O–H groups in total. The molecule has 24 heavy (non-hydrogen) atoms. The average molecular weight is 338 g/mol. The summed E-state index contributed by atoms with van der Waals surface area (Å²) in [5.41, 5.74) is 1.09. The van der Waals surface area contributed by atoms with Gasteiger partial charge in [0.1, 0.15) is 0 Å². The van der Waals surface area contributed by atoms with Crippen LogP contribution in [-0.4, -0.2) is 50.0 Å². The van der Waals surface area contributed by atoms with Crippen LogP contribution in [0.3, 0.4) is 0 Å². The third-order valence-electron chi connectivity index (χ3n) is 4.95. The van der Waals surface area contributed by atoms with Crippen LogP contribution in [0.1, 0.15) is 45.1 Å². The van der Waals surface area contributed by atoms with E-state index in [1.54, 1.807) is 14.2 Å². The molecule has 2 fully saturated rings. The number of likely N-dealkylation sites (tertiary alicyclic amines) is 1. The van der Waals surface area contributed by atoms with E-state index in [1.165, 1.54) is 19.4 Å². The molecular formula is C20H35NO3. The summed E-state index contributed by atoms with van der Waals surface area (Å²) in [7, 11) is 5.46. The number of ether oxygens (including phenoxy) is 2. The summed E-state index contributed by atoms with van der Waals surface area (Å²) in [5.74, 6) is 2.49. The number of para-hydroxylation sites is 1. The molecule has 0 spiro atoms. The standard InChI is InChI=1S/C9H17NO.C9H12O2.C2H6/c1-10-5-4-7-2-3-8(11)6-9(7)10;1-7-5-4-6-8(10-2)9(7)11-3;1-2/h7-9,11H,2-6H2,1H3;4-6H,1-3H3;1-2H3. The van der Waals surface area contributed by atoms with Gasteiger partial charge in [-0.2, -0.15) is 0 Å². The van der Waals surface area contributed by atoms with E-state index >= 15 is 0 Å². The molecule has 1 saturated heterocycles. The molecular weight excluding hydrogens is 302 g/mol. The SMILES string of the molecule is CC.CN1CCC2CCC(O)CC21.COc1cccc(C)c1OC. The van der Waals surface area contributed by atoms with E-state index < -0.39 is 0 Å². The van der Waals surface area contributed by atoms with Gasteiger partial charge in [-0.05, 0) is 63.7 Å². The second-order valence-electron chi connectivity index (χ2n) is 6.37. The molecule has 1 heterocycles. The number of hydrogen-bond acceptors (Lipinski definition) is 4. The van der Waals surface area contributed by atoms with Gasteiger partial charge in [0.2, 0.25) is 0 Å². The van der Waals surface area contributed by atoms with Gasteiger partial charge in [0.05, 0.1) is 20.3 Å². The molecule has 0 bridgehead atoms. The fraction of sp³-hybridized carbons (Fsp3) is 0.700. The molecule has 3 atom stereocenters. The maximum absolute atomic E-state index is 9.45. The third kappa shape index (κ3) is 5.38. The lowest BCUT2D eigenvalue weighted by Crippen LogP contribution is -2.36. The smallest absolute Gasteiger partial charge is 0.163 e. The van der Waals surface area contributed by atoms with E-state index in [0.29, 0.717) is 6.04 Å². The van der Waals surface area contributed by atoms with Gasteiger partial charge in [0.15, 0.2) is 11.5 Å². The highest BCUT2D eigenvalue weighted by Gasteiger charge is 2.36. The number of benzene rings is 1. The molecule has 1 aromatic carbocycles. The van der Waals surface area contributed by atoms with Crippen molar-refractivity contribution in [1.82, 2.24) is 4.90 Å². The van der Waals surface area contributed by atoms with Gasteiger partial charge < -0.3 is 19.5 Å². The first kappa shape index (κ1) is 20.8.